The molecule has 0 saturated carbocycles. The molecule has 2 N–H and O–H groups in total. The second-order valence-electron chi connectivity index (χ2n) is 4.28. The number of benzene rings is 1. The van der Waals surface area contributed by atoms with Gasteiger partial charge in [0.15, 0.2) is 0 Å². The number of methoxy groups -OCH3 is 2. The van der Waals surface area contributed by atoms with Crippen molar-refractivity contribution in [3.05, 3.63) is 45.6 Å². The summed E-state index contributed by atoms with van der Waals surface area (Å²) in [7, 11) is 3.29. The van der Waals surface area contributed by atoms with Gasteiger partial charge in [0.25, 0.3) is 0 Å². The highest BCUT2D eigenvalue weighted by Crippen LogP contribution is 2.31. The van der Waals surface area contributed by atoms with Gasteiger partial charge in [-0.3, -0.25) is 0 Å². The van der Waals surface area contributed by atoms with E-state index in [9.17, 15) is 0 Å². The zero-order valence-corrected chi connectivity index (χ0v) is 12.3. The van der Waals surface area contributed by atoms with Crippen LogP contribution in [0.1, 0.15) is 28.3 Å². The highest BCUT2D eigenvalue weighted by molar-refractivity contribution is 7.12. The van der Waals surface area contributed by atoms with Crippen LogP contribution in [0, 0.1) is 0 Å². The van der Waals surface area contributed by atoms with Gasteiger partial charge in [-0.2, -0.15) is 0 Å². The van der Waals surface area contributed by atoms with E-state index in [1.54, 1.807) is 25.6 Å². The fourth-order valence-corrected chi connectivity index (χ4v) is 2.91. The Hall–Kier alpha value is -1.52. The monoisotopic (exact) mass is 277 g/mol. The molecule has 2 aromatic rings. The normalized spacial score (nSPS) is 12.2. The smallest absolute Gasteiger partial charge is 0.122 e. The van der Waals surface area contributed by atoms with Crippen LogP contribution in [-0.4, -0.2) is 14.2 Å². The topological polar surface area (TPSA) is 44.5 Å². The second-order valence-corrected chi connectivity index (χ2v) is 5.48. The predicted molar refractivity (Wildman–Crippen MR) is 79.3 cm³/mol. The Balaban J connectivity index is 2.34. The van der Waals surface area contributed by atoms with Crippen molar-refractivity contribution < 1.29 is 9.47 Å². The Morgan fingerprint density at radius 1 is 1.11 bits per heavy atom. The molecule has 0 bridgehead atoms. The lowest BCUT2D eigenvalue weighted by molar-refractivity contribution is 0.393. The molecule has 0 amide bonds. The Morgan fingerprint density at radius 3 is 2.21 bits per heavy atom. The van der Waals surface area contributed by atoms with Crippen LogP contribution in [0.3, 0.4) is 0 Å². The quantitative estimate of drug-likeness (QED) is 0.911. The number of ether oxygens (including phenoxy) is 2. The van der Waals surface area contributed by atoms with Crippen molar-refractivity contribution in [1.29, 1.82) is 0 Å². The van der Waals surface area contributed by atoms with Gasteiger partial charge >= 0.3 is 0 Å². The maximum atomic E-state index is 6.33. The summed E-state index contributed by atoms with van der Waals surface area (Å²) in [6, 6.07) is 9.85. The molecule has 0 aliphatic carbocycles. The summed E-state index contributed by atoms with van der Waals surface area (Å²) in [4.78, 5) is 2.51. The molecule has 0 radical (unpaired) electrons. The first-order valence-electron chi connectivity index (χ1n) is 6.25. The number of thiophene rings is 1. The minimum absolute atomic E-state index is 0.144. The summed E-state index contributed by atoms with van der Waals surface area (Å²) < 4.78 is 10.6. The van der Waals surface area contributed by atoms with Gasteiger partial charge in [-0.1, -0.05) is 6.92 Å². The van der Waals surface area contributed by atoms with E-state index in [1.807, 2.05) is 18.2 Å². The molecule has 2 rings (SSSR count). The van der Waals surface area contributed by atoms with Crippen molar-refractivity contribution in [2.45, 2.75) is 19.4 Å². The maximum Gasteiger partial charge on any atom is 0.122 e. The van der Waals surface area contributed by atoms with E-state index in [-0.39, 0.29) is 6.04 Å². The Labute approximate surface area is 118 Å². The van der Waals surface area contributed by atoms with E-state index < -0.39 is 0 Å². The Kier molecular flexibility index (Phi) is 4.45. The lowest BCUT2D eigenvalue weighted by Crippen LogP contribution is -2.10. The number of hydrogen-bond donors (Lipinski definition) is 1. The van der Waals surface area contributed by atoms with E-state index in [0.29, 0.717) is 0 Å². The molecule has 1 aromatic carbocycles. The lowest BCUT2D eigenvalue weighted by Gasteiger charge is -2.13. The second kappa shape index (κ2) is 6.08. The average Bonchev–Trinajstić information content (AvgIpc) is 2.94. The van der Waals surface area contributed by atoms with Gasteiger partial charge in [0.05, 0.1) is 20.3 Å². The molecule has 4 heteroatoms. The van der Waals surface area contributed by atoms with E-state index >= 15 is 0 Å². The summed E-state index contributed by atoms with van der Waals surface area (Å²) in [6.07, 6.45) is 1.04. The van der Waals surface area contributed by atoms with Crippen LogP contribution in [0.25, 0.3) is 0 Å². The van der Waals surface area contributed by atoms with E-state index in [1.165, 1.54) is 4.88 Å². The van der Waals surface area contributed by atoms with Gasteiger partial charge in [-0.25, -0.2) is 0 Å². The maximum absolute atomic E-state index is 6.33. The lowest BCUT2D eigenvalue weighted by atomic mass is 10.1. The summed E-state index contributed by atoms with van der Waals surface area (Å²) in [5, 5.41) is 0. The molecule has 3 nitrogen and oxygen atoms in total. The molecule has 102 valence electrons. The molecule has 0 saturated heterocycles. The zero-order chi connectivity index (χ0) is 13.8. The van der Waals surface area contributed by atoms with Crippen LogP contribution >= 0.6 is 11.3 Å². The van der Waals surface area contributed by atoms with Crippen molar-refractivity contribution in [3.63, 3.8) is 0 Å². The average molecular weight is 277 g/mol. The predicted octanol–water partition coefficient (Wildman–Crippen LogP) is 3.38. The van der Waals surface area contributed by atoms with Gasteiger partial charge in [-0.05, 0) is 36.2 Å². The number of nitrogens with two attached hydrogens (primary N) is 1. The molecule has 0 aliphatic rings. The van der Waals surface area contributed by atoms with Crippen molar-refractivity contribution in [2.24, 2.45) is 5.73 Å². The van der Waals surface area contributed by atoms with Gasteiger partial charge in [-0.15, -0.1) is 11.3 Å². The third kappa shape index (κ3) is 3.08. The van der Waals surface area contributed by atoms with Gasteiger partial charge in [0, 0.05) is 15.8 Å². The summed E-state index contributed by atoms with van der Waals surface area (Å²) in [6.45, 7) is 2.15. The van der Waals surface area contributed by atoms with E-state index in [2.05, 4.69) is 19.1 Å². The zero-order valence-electron chi connectivity index (χ0n) is 11.5. The van der Waals surface area contributed by atoms with Crippen LogP contribution < -0.4 is 15.2 Å². The van der Waals surface area contributed by atoms with Crippen molar-refractivity contribution >= 4 is 11.3 Å². The first kappa shape index (κ1) is 13.9. The van der Waals surface area contributed by atoms with Crippen LogP contribution in [0.2, 0.25) is 0 Å². The number of aryl methyl sites for hydroxylation is 1. The first-order valence-corrected chi connectivity index (χ1v) is 7.06. The summed E-state index contributed by atoms with van der Waals surface area (Å²) in [5.74, 6) is 1.52. The van der Waals surface area contributed by atoms with Crippen LogP contribution in [0.4, 0.5) is 0 Å². The minimum atomic E-state index is -0.144. The van der Waals surface area contributed by atoms with E-state index in [4.69, 9.17) is 15.2 Å². The molecule has 0 fully saturated rings. The number of hydrogen-bond acceptors (Lipinski definition) is 4. The fourth-order valence-electron chi connectivity index (χ4n) is 1.92. The van der Waals surface area contributed by atoms with Crippen LogP contribution in [-0.2, 0) is 6.42 Å². The van der Waals surface area contributed by atoms with Crippen molar-refractivity contribution in [1.82, 2.24) is 0 Å². The van der Waals surface area contributed by atoms with Crippen molar-refractivity contribution in [3.8, 4) is 11.5 Å². The van der Waals surface area contributed by atoms with Gasteiger partial charge in [0.1, 0.15) is 11.5 Å². The largest absolute Gasteiger partial charge is 0.497 e. The molecular weight excluding hydrogens is 258 g/mol. The van der Waals surface area contributed by atoms with Crippen LogP contribution in [0.15, 0.2) is 30.3 Å². The first-order chi connectivity index (χ1) is 9.17. The molecule has 1 aromatic heterocycles. The third-order valence-corrected chi connectivity index (χ3v) is 4.38. The Morgan fingerprint density at radius 2 is 1.74 bits per heavy atom. The Bertz CT molecular complexity index is 529. The molecule has 1 heterocycles. The third-order valence-electron chi connectivity index (χ3n) is 3.07. The molecule has 1 atom stereocenters. The molecular formula is C15H19NO2S. The summed E-state index contributed by atoms with van der Waals surface area (Å²) in [5.41, 5.74) is 7.33. The highest BCUT2D eigenvalue weighted by atomic mass is 32.1. The molecule has 0 aliphatic heterocycles. The fraction of sp³-hybridized carbons (Fsp3) is 0.333. The highest BCUT2D eigenvalue weighted by Gasteiger charge is 2.14. The minimum Gasteiger partial charge on any atom is -0.497 e. The SMILES string of the molecule is CCc1ccc(C(N)c2cc(OC)cc(OC)c2)s1. The molecule has 1 unspecified atom stereocenters. The van der Waals surface area contributed by atoms with Crippen molar-refractivity contribution in [2.75, 3.05) is 14.2 Å². The van der Waals surface area contributed by atoms with E-state index in [0.717, 1.165) is 28.4 Å². The summed E-state index contributed by atoms with van der Waals surface area (Å²) >= 11 is 1.76. The van der Waals surface area contributed by atoms with Crippen LogP contribution in [0.5, 0.6) is 11.5 Å². The molecule has 0 spiro atoms. The standard InChI is InChI=1S/C15H19NO2S/c1-4-13-5-6-14(19-13)15(16)10-7-11(17-2)9-12(8-10)18-3/h5-9,15H,4,16H2,1-3H3. The molecule has 19 heavy (non-hydrogen) atoms. The van der Waals surface area contributed by atoms with Gasteiger partial charge in [0.2, 0.25) is 0 Å². The number of rotatable bonds is 5. The van der Waals surface area contributed by atoms with Gasteiger partial charge < -0.3 is 15.2 Å².